The van der Waals surface area contributed by atoms with Gasteiger partial charge in [-0.1, -0.05) is 5.16 Å². The van der Waals surface area contributed by atoms with E-state index in [2.05, 4.69) is 15.5 Å². The lowest BCUT2D eigenvalue weighted by molar-refractivity contribution is -0.146. The third kappa shape index (κ3) is 2.77. The maximum absolute atomic E-state index is 11.4. The van der Waals surface area contributed by atoms with Crippen molar-refractivity contribution in [2.45, 2.75) is 12.6 Å². The van der Waals surface area contributed by atoms with Crippen LogP contribution in [0.15, 0.2) is 27.3 Å². The summed E-state index contributed by atoms with van der Waals surface area (Å²) in [4.78, 5) is 28.2. The van der Waals surface area contributed by atoms with Crippen LogP contribution in [-0.2, 0) is 16.1 Å². The van der Waals surface area contributed by atoms with Gasteiger partial charge in [-0.25, -0.2) is 0 Å². The lowest BCUT2D eigenvalue weighted by Gasteiger charge is -2.31. The van der Waals surface area contributed by atoms with Crippen LogP contribution in [0.2, 0.25) is 0 Å². The van der Waals surface area contributed by atoms with Gasteiger partial charge in [0, 0.05) is 6.54 Å². The molecule has 2 aromatic rings. The molecule has 1 atom stereocenters. The number of piperazine rings is 1. The van der Waals surface area contributed by atoms with Gasteiger partial charge < -0.3 is 19.4 Å². The molecular formula is C12H12N4O5. The Morgan fingerprint density at radius 1 is 1.57 bits per heavy atom. The Morgan fingerprint density at radius 3 is 3.14 bits per heavy atom. The number of furan rings is 1. The molecule has 3 heterocycles. The molecule has 1 aliphatic heterocycles. The molecule has 9 heteroatoms. The van der Waals surface area contributed by atoms with Crippen LogP contribution < -0.4 is 5.32 Å². The predicted octanol–water partition coefficient (Wildman–Crippen LogP) is -0.285. The van der Waals surface area contributed by atoms with Crippen LogP contribution in [0.3, 0.4) is 0 Å². The third-order valence-electron chi connectivity index (χ3n) is 3.11. The first-order chi connectivity index (χ1) is 10.1. The van der Waals surface area contributed by atoms with Crippen LogP contribution >= 0.6 is 0 Å². The Morgan fingerprint density at radius 2 is 2.43 bits per heavy atom. The number of hydrogen-bond donors (Lipinski definition) is 2. The Balaban J connectivity index is 1.75. The van der Waals surface area contributed by atoms with Crippen LogP contribution in [-0.4, -0.2) is 51.2 Å². The minimum absolute atomic E-state index is 0.0323. The number of carbonyl (C=O) groups excluding carboxylic acids is 1. The summed E-state index contributed by atoms with van der Waals surface area (Å²) < 4.78 is 10.2. The molecule has 2 N–H and O–H groups in total. The minimum Gasteiger partial charge on any atom is -0.480 e. The number of aromatic nitrogens is 2. The van der Waals surface area contributed by atoms with Crippen molar-refractivity contribution < 1.29 is 23.6 Å². The monoisotopic (exact) mass is 292 g/mol. The molecule has 1 fully saturated rings. The number of nitrogens with zero attached hydrogens (tertiary/aromatic N) is 3. The molecule has 110 valence electrons. The van der Waals surface area contributed by atoms with Crippen molar-refractivity contribution in [3.8, 4) is 11.6 Å². The normalized spacial score (nSPS) is 19.4. The molecule has 21 heavy (non-hydrogen) atoms. The Hall–Kier alpha value is -2.68. The van der Waals surface area contributed by atoms with E-state index in [9.17, 15) is 9.59 Å². The number of amides is 1. The van der Waals surface area contributed by atoms with E-state index in [0.717, 1.165) is 0 Å². The average Bonchev–Trinajstić information content (AvgIpc) is 3.08. The molecule has 0 radical (unpaired) electrons. The largest absolute Gasteiger partial charge is 0.480 e. The fraction of sp³-hybridized carbons (Fsp3) is 0.333. The van der Waals surface area contributed by atoms with Gasteiger partial charge in [-0.05, 0) is 12.1 Å². The highest BCUT2D eigenvalue weighted by molar-refractivity contribution is 5.83. The zero-order valence-electron chi connectivity index (χ0n) is 10.9. The summed E-state index contributed by atoms with van der Waals surface area (Å²) in [6.07, 6.45) is 1.49. The summed E-state index contributed by atoms with van der Waals surface area (Å²) in [5.41, 5.74) is 0. The molecule has 1 saturated heterocycles. The molecule has 0 bridgehead atoms. The highest BCUT2D eigenvalue weighted by Crippen LogP contribution is 2.17. The molecule has 0 aromatic carbocycles. The van der Waals surface area contributed by atoms with Gasteiger partial charge in [-0.2, -0.15) is 4.98 Å². The summed E-state index contributed by atoms with van der Waals surface area (Å²) in [6, 6.07) is 2.56. The second-order valence-electron chi connectivity index (χ2n) is 4.55. The SMILES string of the molecule is O=C1CN(Cc2nc(-c3ccco3)no2)C(C(=O)O)CN1. The number of hydrogen-bond acceptors (Lipinski definition) is 7. The first kappa shape index (κ1) is 13.3. The van der Waals surface area contributed by atoms with Crippen LogP contribution in [0.5, 0.6) is 0 Å². The second kappa shape index (κ2) is 5.37. The maximum atomic E-state index is 11.4. The van der Waals surface area contributed by atoms with Gasteiger partial charge in [0.2, 0.25) is 17.6 Å². The summed E-state index contributed by atoms with van der Waals surface area (Å²) in [7, 11) is 0. The van der Waals surface area contributed by atoms with E-state index in [0.29, 0.717) is 5.76 Å². The van der Waals surface area contributed by atoms with Crippen LogP contribution in [0.25, 0.3) is 11.6 Å². The molecule has 0 saturated carbocycles. The quantitative estimate of drug-likeness (QED) is 0.788. The van der Waals surface area contributed by atoms with Crippen molar-refractivity contribution in [2.75, 3.05) is 13.1 Å². The number of rotatable bonds is 4. The molecule has 3 rings (SSSR count). The average molecular weight is 292 g/mol. The summed E-state index contributed by atoms with van der Waals surface area (Å²) in [5, 5.41) is 15.4. The lowest BCUT2D eigenvalue weighted by atomic mass is 10.2. The maximum Gasteiger partial charge on any atom is 0.322 e. The van der Waals surface area contributed by atoms with Gasteiger partial charge >= 0.3 is 5.97 Å². The molecule has 0 aliphatic carbocycles. The zero-order valence-corrected chi connectivity index (χ0v) is 10.9. The van der Waals surface area contributed by atoms with Crippen molar-refractivity contribution >= 4 is 11.9 Å². The van der Waals surface area contributed by atoms with Gasteiger partial charge in [0.1, 0.15) is 6.04 Å². The molecule has 1 aliphatic rings. The number of carbonyl (C=O) groups is 2. The number of carboxylic acids is 1. The fourth-order valence-corrected chi connectivity index (χ4v) is 2.10. The molecule has 1 amide bonds. The number of nitrogens with one attached hydrogen (secondary N) is 1. The summed E-state index contributed by atoms with van der Waals surface area (Å²) in [6.45, 7) is 0.0981. The van der Waals surface area contributed by atoms with Gasteiger partial charge in [0.05, 0.1) is 19.4 Å². The van der Waals surface area contributed by atoms with Crippen molar-refractivity contribution in [2.24, 2.45) is 0 Å². The topological polar surface area (TPSA) is 122 Å². The Bertz CT molecular complexity index is 650. The van der Waals surface area contributed by atoms with E-state index in [1.54, 1.807) is 12.1 Å². The molecular weight excluding hydrogens is 280 g/mol. The lowest BCUT2D eigenvalue weighted by Crippen LogP contribution is -2.56. The highest BCUT2D eigenvalue weighted by Gasteiger charge is 2.33. The zero-order chi connectivity index (χ0) is 14.8. The van der Waals surface area contributed by atoms with Crippen molar-refractivity contribution in [1.82, 2.24) is 20.4 Å². The van der Waals surface area contributed by atoms with Crippen LogP contribution in [0.1, 0.15) is 5.89 Å². The van der Waals surface area contributed by atoms with Gasteiger partial charge in [-0.15, -0.1) is 0 Å². The van der Waals surface area contributed by atoms with E-state index >= 15 is 0 Å². The van der Waals surface area contributed by atoms with E-state index in [-0.39, 0.29) is 37.3 Å². The standard InChI is InChI=1S/C12H12N4O5/c17-9-5-16(7(4-13-9)12(18)19)6-10-14-11(15-21-10)8-2-1-3-20-8/h1-3,7H,4-6H2,(H,13,17)(H,18,19). The summed E-state index contributed by atoms with van der Waals surface area (Å²) in [5.74, 6) is -0.291. The van der Waals surface area contributed by atoms with Gasteiger partial charge in [0.25, 0.3) is 0 Å². The van der Waals surface area contributed by atoms with Gasteiger partial charge in [-0.3, -0.25) is 14.5 Å². The van der Waals surface area contributed by atoms with Crippen molar-refractivity contribution in [3.05, 3.63) is 24.3 Å². The second-order valence-corrected chi connectivity index (χ2v) is 4.55. The minimum atomic E-state index is -1.01. The molecule has 2 aromatic heterocycles. The molecule has 1 unspecified atom stereocenters. The predicted molar refractivity (Wildman–Crippen MR) is 66.8 cm³/mol. The number of carboxylic acid groups (broad SMARTS) is 1. The third-order valence-corrected chi connectivity index (χ3v) is 3.11. The fourth-order valence-electron chi connectivity index (χ4n) is 2.10. The molecule has 9 nitrogen and oxygen atoms in total. The summed E-state index contributed by atoms with van der Waals surface area (Å²) >= 11 is 0. The van der Waals surface area contributed by atoms with E-state index < -0.39 is 12.0 Å². The first-order valence-electron chi connectivity index (χ1n) is 6.23. The molecule has 0 spiro atoms. The van der Waals surface area contributed by atoms with Crippen LogP contribution in [0, 0.1) is 0 Å². The Kier molecular flexibility index (Phi) is 3.40. The van der Waals surface area contributed by atoms with E-state index in [1.807, 2.05) is 0 Å². The van der Waals surface area contributed by atoms with Gasteiger partial charge in [0.15, 0.2) is 5.76 Å². The van der Waals surface area contributed by atoms with Crippen molar-refractivity contribution in [3.63, 3.8) is 0 Å². The first-order valence-corrected chi connectivity index (χ1v) is 6.23. The Labute approximate surface area is 118 Å². The number of aliphatic carboxylic acids is 1. The smallest absolute Gasteiger partial charge is 0.322 e. The van der Waals surface area contributed by atoms with Crippen molar-refractivity contribution in [1.29, 1.82) is 0 Å². The van der Waals surface area contributed by atoms with E-state index in [1.165, 1.54) is 11.2 Å². The highest BCUT2D eigenvalue weighted by atomic mass is 16.5. The van der Waals surface area contributed by atoms with Crippen LogP contribution in [0.4, 0.5) is 0 Å². The van der Waals surface area contributed by atoms with E-state index in [4.69, 9.17) is 14.0 Å².